The van der Waals surface area contributed by atoms with Gasteiger partial charge in [0.1, 0.15) is 0 Å². The maximum Gasteiger partial charge on any atom is 0.407 e. The average molecular weight is 333 g/mol. The number of alkyl halides is 1. The minimum atomic E-state index is -0.885. The van der Waals surface area contributed by atoms with E-state index in [2.05, 4.69) is 15.9 Å². The first-order valence-corrected chi connectivity index (χ1v) is 7.59. The second-order valence-electron chi connectivity index (χ2n) is 6.43. The van der Waals surface area contributed by atoms with E-state index in [1.54, 1.807) is 0 Å². The van der Waals surface area contributed by atoms with Crippen LogP contribution in [0.4, 0.5) is 4.79 Å². The van der Waals surface area contributed by atoms with Crippen molar-refractivity contribution in [3.8, 4) is 0 Å². The summed E-state index contributed by atoms with van der Waals surface area (Å²) in [5.74, 6) is 0.103. The third-order valence-electron chi connectivity index (χ3n) is 4.07. The molecule has 2 aliphatic rings. The number of hydrogen-bond acceptors (Lipinski definition) is 2. The van der Waals surface area contributed by atoms with Gasteiger partial charge >= 0.3 is 6.09 Å². The summed E-state index contributed by atoms with van der Waals surface area (Å²) in [6.07, 6.45) is 0.656. The van der Waals surface area contributed by atoms with E-state index in [-0.39, 0.29) is 28.2 Å². The zero-order valence-electron chi connectivity index (χ0n) is 11.6. The molecule has 0 bridgehead atoms. The van der Waals surface area contributed by atoms with Gasteiger partial charge in [-0.3, -0.25) is 4.79 Å². The van der Waals surface area contributed by atoms with E-state index in [4.69, 9.17) is 0 Å². The Bertz CT molecular complexity index is 394. The minimum Gasteiger partial charge on any atom is -0.465 e. The van der Waals surface area contributed by atoms with E-state index in [9.17, 15) is 14.7 Å². The van der Waals surface area contributed by atoms with Crippen molar-refractivity contribution < 1.29 is 14.7 Å². The summed E-state index contributed by atoms with van der Waals surface area (Å²) in [4.78, 5) is 26.8. The van der Waals surface area contributed by atoms with Gasteiger partial charge in [-0.15, -0.1) is 0 Å². The Kier molecular flexibility index (Phi) is 3.82. The average Bonchev–Trinajstić information content (AvgIpc) is 2.83. The number of hydrogen-bond donors (Lipinski definition) is 1. The first-order valence-electron chi connectivity index (χ1n) is 6.67. The molecule has 108 valence electrons. The maximum absolute atomic E-state index is 12.2. The standard InChI is InChI=1S/C13H21BrN2O3/c1-13(2,3)10-9(5-7-16(10)12(18)19)15-6-4-8(14)11(15)17/h8-10H,4-7H2,1-3H3,(H,18,19)/t8?,9-,10?/m1/s1. The third kappa shape index (κ3) is 2.59. The van der Waals surface area contributed by atoms with Crippen molar-refractivity contribution in [2.75, 3.05) is 13.1 Å². The second kappa shape index (κ2) is 4.96. The van der Waals surface area contributed by atoms with Gasteiger partial charge in [-0.1, -0.05) is 36.7 Å². The lowest BCUT2D eigenvalue weighted by molar-refractivity contribution is -0.130. The Morgan fingerprint density at radius 1 is 1.32 bits per heavy atom. The van der Waals surface area contributed by atoms with E-state index in [0.717, 1.165) is 19.4 Å². The Labute approximate surface area is 122 Å². The highest BCUT2D eigenvalue weighted by Crippen LogP contribution is 2.37. The highest BCUT2D eigenvalue weighted by atomic mass is 79.9. The summed E-state index contributed by atoms with van der Waals surface area (Å²) >= 11 is 3.38. The molecule has 2 rings (SSSR count). The molecule has 3 atom stereocenters. The Balaban J connectivity index is 2.25. The van der Waals surface area contributed by atoms with Gasteiger partial charge in [-0.25, -0.2) is 4.79 Å². The van der Waals surface area contributed by atoms with Crippen molar-refractivity contribution in [2.45, 2.75) is 50.5 Å². The molecule has 5 nitrogen and oxygen atoms in total. The fourth-order valence-electron chi connectivity index (χ4n) is 3.36. The van der Waals surface area contributed by atoms with Crippen LogP contribution in [0.25, 0.3) is 0 Å². The lowest BCUT2D eigenvalue weighted by Gasteiger charge is -2.40. The van der Waals surface area contributed by atoms with Gasteiger partial charge in [0.25, 0.3) is 0 Å². The number of halogens is 1. The van der Waals surface area contributed by atoms with Crippen molar-refractivity contribution in [3.63, 3.8) is 0 Å². The summed E-state index contributed by atoms with van der Waals surface area (Å²) in [5, 5.41) is 9.34. The molecule has 2 heterocycles. The number of carbonyl (C=O) groups is 2. The fraction of sp³-hybridized carbons (Fsp3) is 0.846. The van der Waals surface area contributed by atoms with Crippen molar-refractivity contribution >= 4 is 27.9 Å². The number of likely N-dealkylation sites (tertiary alicyclic amines) is 2. The summed E-state index contributed by atoms with van der Waals surface area (Å²) in [6.45, 7) is 7.35. The minimum absolute atomic E-state index is 0.00569. The molecule has 0 radical (unpaired) electrons. The van der Waals surface area contributed by atoms with Crippen LogP contribution in [0, 0.1) is 5.41 Å². The number of rotatable bonds is 1. The van der Waals surface area contributed by atoms with Crippen LogP contribution in [0.5, 0.6) is 0 Å². The predicted molar refractivity (Wildman–Crippen MR) is 75.4 cm³/mol. The SMILES string of the molecule is CC(C)(C)C1[C@H](N2CCC(Br)C2=O)CCN1C(=O)O. The first-order chi connectivity index (χ1) is 8.73. The molecular formula is C13H21BrN2O3. The number of amides is 2. The highest BCUT2D eigenvalue weighted by molar-refractivity contribution is 9.10. The van der Waals surface area contributed by atoms with Crippen molar-refractivity contribution in [1.82, 2.24) is 9.80 Å². The summed E-state index contributed by atoms with van der Waals surface area (Å²) < 4.78 is 0. The molecule has 2 aliphatic heterocycles. The molecule has 0 aromatic rings. The maximum atomic E-state index is 12.2. The molecule has 2 fully saturated rings. The topological polar surface area (TPSA) is 60.9 Å². The van der Waals surface area contributed by atoms with Gasteiger partial charge in [-0.2, -0.15) is 0 Å². The molecule has 0 aromatic heterocycles. The van der Waals surface area contributed by atoms with E-state index in [1.807, 2.05) is 25.7 Å². The monoisotopic (exact) mass is 332 g/mol. The molecule has 2 saturated heterocycles. The molecule has 0 aliphatic carbocycles. The van der Waals surface area contributed by atoms with Gasteiger partial charge in [0.2, 0.25) is 5.91 Å². The Morgan fingerprint density at radius 2 is 1.95 bits per heavy atom. The largest absolute Gasteiger partial charge is 0.465 e. The van der Waals surface area contributed by atoms with E-state index < -0.39 is 6.09 Å². The molecule has 0 saturated carbocycles. The zero-order valence-corrected chi connectivity index (χ0v) is 13.2. The lowest BCUT2D eigenvalue weighted by atomic mass is 9.82. The van der Waals surface area contributed by atoms with Crippen LogP contribution in [0.1, 0.15) is 33.6 Å². The second-order valence-corrected chi connectivity index (χ2v) is 7.54. The van der Waals surface area contributed by atoms with Gasteiger partial charge in [0, 0.05) is 13.1 Å². The first kappa shape index (κ1) is 14.6. The van der Waals surface area contributed by atoms with Gasteiger partial charge in [0.15, 0.2) is 0 Å². The van der Waals surface area contributed by atoms with E-state index >= 15 is 0 Å². The van der Waals surface area contributed by atoms with Crippen LogP contribution in [-0.2, 0) is 4.79 Å². The normalized spacial score (nSPS) is 32.2. The molecule has 6 heteroatoms. The number of carboxylic acid groups (broad SMARTS) is 1. The van der Waals surface area contributed by atoms with E-state index in [1.165, 1.54) is 4.90 Å². The number of nitrogens with zero attached hydrogens (tertiary/aromatic N) is 2. The van der Waals surface area contributed by atoms with Crippen LogP contribution < -0.4 is 0 Å². The fourth-order valence-corrected chi connectivity index (χ4v) is 3.82. The summed E-state index contributed by atoms with van der Waals surface area (Å²) in [7, 11) is 0. The molecule has 2 amide bonds. The van der Waals surface area contributed by atoms with Crippen LogP contribution >= 0.6 is 15.9 Å². The zero-order chi connectivity index (χ0) is 14.4. The molecule has 0 aromatic carbocycles. The van der Waals surface area contributed by atoms with Gasteiger partial charge in [0.05, 0.1) is 16.9 Å². The van der Waals surface area contributed by atoms with Crippen molar-refractivity contribution in [1.29, 1.82) is 0 Å². The Hall–Kier alpha value is -0.780. The van der Waals surface area contributed by atoms with Crippen LogP contribution in [-0.4, -0.2) is 56.9 Å². The number of carbonyl (C=O) groups excluding carboxylic acids is 1. The van der Waals surface area contributed by atoms with Gasteiger partial charge in [-0.05, 0) is 18.3 Å². The predicted octanol–water partition coefficient (Wildman–Crippen LogP) is 2.15. The van der Waals surface area contributed by atoms with Crippen molar-refractivity contribution in [2.24, 2.45) is 5.41 Å². The quantitative estimate of drug-likeness (QED) is 0.748. The summed E-state index contributed by atoms with van der Waals surface area (Å²) in [6, 6.07) is -0.127. The van der Waals surface area contributed by atoms with Crippen LogP contribution in [0.2, 0.25) is 0 Å². The summed E-state index contributed by atoms with van der Waals surface area (Å²) in [5.41, 5.74) is -0.176. The van der Waals surface area contributed by atoms with Crippen LogP contribution in [0.15, 0.2) is 0 Å². The van der Waals surface area contributed by atoms with Gasteiger partial charge < -0.3 is 14.9 Å². The van der Waals surface area contributed by atoms with E-state index in [0.29, 0.717) is 6.54 Å². The van der Waals surface area contributed by atoms with Crippen LogP contribution in [0.3, 0.4) is 0 Å². The molecular weight excluding hydrogens is 312 g/mol. The Morgan fingerprint density at radius 3 is 2.37 bits per heavy atom. The van der Waals surface area contributed by atoms with Crippen molar-refractivity contribution in [3.05, 3.63) is 0 Å². The molecule has 19 heavy (non-hydrogen) atoms. The smallest absolute Gasteiger partial charge is 0.407 e. The molecule has 2 unspecified atom stereocenters. The highest BCUT2D eigenvalue weighted by Gasteiger charge is 2.49. The molecule has 1 N–H and O–H groups in total. The third-order valence-corrected chi connectivity index (χ3v) is 4.92. The lowest BCUT2D eigenvalue weighted by Crippen LogP contribution is -2.53. The molecule has 0 spiro atoms.